The quantitative estimate of drug-likeness (QED) is 0.564. The van der Waals surface area contributed by atoms with Crippen LogP contribution in [0.2, 0.25) is 0 Å². The van der Waals surface area contributed by atoms with Gasteiger partial charge in [0.2, 0.25) is 0 Å². The van der Waals surface area contributed by atoms with Crippen LogP contribution < -0.4 is 0 Å². The van der Waals surface area contributed by atoms with Crippen molar-refractivity contribution in [3.05, 3.63) is 23.5 Å². The van der Waals surface area contributed by atoms with Gasteiger partial charge in [-0.2, -0.15) is 10.2 Å². The van der Waals surface area contributed by atoms with Crippen LogP contribution in [-0.2, 0) is 0 Å². The third-order valence-corrected chi connectivity index (χ3v) is 2.64. The molecule has 2 aromatic heterocycles. The topological polar surface area (TPSA) is 57.4 Å². The van der Waals surface area contributed by atoms with Crippen LogP contribution in [0.15, 0.2) is 12.1 Å². The molecule has 3 aromatic rings. The molecule has 0 aliphatic carbocycles. The van der Waals surface area contributed by atoms with Gasteiger partial charge in [0.25, 0.3) is 0 Å². The number of hydrogen-bond donors (Lipinski definition) is 2. The largest absolute Gasteiger partial charge is 0.277 e. The highest BCUT2D eigenvalue weighted by Gasteiger charge is 2.09. The summed E-state index contributed by atoms with van der Waals surface area (Å²) in [6.45, 7) is 3.99. The van der Waals surface area contributed by atoms with Crippen molar-refractivity contribution in [2.45, 2.75) is 13.8 Å². The molecule has 0 aliphatic rings. The highest BCUT2D eigenvalue weighted by molar-refractivity contribution is 6.05. The maximum atomic E-state index is 4.20. The Kier molecular flexibility index (Phi) is 1.27. The van der Waals surface area contributed by atoms with Gasteiger partial charge >= 0.3 is 0 Å². The first kappa shape index (κ1) is 7.55. The van der Waals surface area contributed by atoms with E-state index in [-0.39, 0.29) is 0 Å². The molecule has 14 heavy (non-hydrogen) atoms. The average Bonchev–Trinajstić information content (AvgIpc) is 2.72. The number of rotatable bonds is 0. The van der Waals surface area contributed by atoms with E-state index in [1.165, 1.54) is 5.39 Å². The molecule has 0 saturated carbocycles. The summed E-state index contributed by atoms with van der Waals surface area (Å²) in [5, 5.41) is 16.7. The van der Waals surface area contributed by atoms with Crippen LogP contribution in [0.25, 0.3) is 21.8 Å². The molecule has 3 rings (SSSR count). The zero-order valence-corrected chi connectivity index (χ0v) is 8.05. The Balaban J connectivity index is 2.66. The average molecular weight is 186 g/mol. The zero-order chi connectivity index (χ0) is 9.71. The lowest BCUT2D eigenvalue weighted by Gasteiger charge is -1.92. The first-order chi connectivity index (χ1) is 6.77. The SMILES string of the molecule is Cc1n[nH]c2c1ccc1[nH]nc(C)c12. The molecule has 70 valence electrons. The Bertz CT molecular complexity index is 617. The van der Waals surface area contributed by atoms with Crippen molar-refractivity contribution in [2.75, 3.05) is 0 Å². The fourth-order valence-electron chi connectivity index (χ4n) is 1.89. The molecule has 2 N–H and O–H groups in total. The summed E-state index contributed by atoms with van der Waals surface area (Å²) in [7, 11) is 0. The fourth-order valence-corrected chi connectivity index (χ4v) is 1.89. The first-order valence-electron chi connectivity index (χ1n) is 4.56. The van der Waals surface area contributed by atoms with E-state index in [1.54, 1.807) is 0 Å². The minimum absolute atomic E-state index is 1.01. The van der Waals surface area contributed by atoms with Gasteiger partial charge in [0.05, 0.1) is 22.4 Å². The highest BCUT2D eigenvalue weighted by atomic mass is 15.1. The van der Waals surface area contributed by atoms with E-state index in [0.717, 1.165) is 27.8 Å². The van der Waals surface area contributed by atoms with Crippen LogP contribution in [0.5, 0.6) is 0 Å². The molecule has 0 bridgehead atoms. The second-order valence-electron chi connectivity index (χ2n) is 3.53. The normalized spacial score (nSPS) is 11.6. The Hall–Kier alpha value is -1.84. The predicted molar refractivity (Wildman–Crippen MR) is 55.2 cm³/mol. The van der Waals surface area contributed by atoms with Crippen molar-refractivity contribution in [3.63, 3.8) is 0 Å². The second-order valence-corrected chi connectivity index (χ2v) is 3.53. The number of benzene rings is 1. The standard InChI is InChI=1S/C10H10N4/c1-5-7-3-4-8-9(6(2)12-13-8)10(7)14-11-5/h3-4H,1-2H3,(H,11,14)(H,12,13). The van der Waals surface area contributed by atoms with E-state index >= 15 is 0 Å². The van der Waals surface area contributed by atoms with Gasteiger partial charge in [-0.05, 0) is 26.0 Å². The van der Waals surface area contributed by atoms with Crippen LogP contribution in [-0.4, -0.2) is 20.4 Å². The molecule has 4 nitrogen and oxygen atoms in total. The summed E-state index contributed by atoms with van der Waals surface area (Å²) in [4.78, 5) is 0. The Labute approximate surface area is 80.3 Å². The highest BCUT2D eigenvalue weighted by Crippen LogP contribution is 2.25. The monoisotopic (exact) mass is 186 g/mol. The number of aromatic amines is 2. The van der Waals surface area contributed by atoms with Crippen LogP contribution in [0.4, 0.5) is 0 Å². The molecule has 0 saturated heterocycles. The number of nitrogens with one attached hydrogen (secondary N) is 2. The van der Waals surface area contributed by atoms with Gasteiger partial charge in [0.15, 0.2) is 0 Å². The van der Waals surface area contributed by atoms with E-state index in [9.17, 15) is 0 Å². The molecular formula is C10H10N4. The molecule has 0 unspecified atom stereocenters. The summed E-state index contributed by atoms with van der Waals surface area (Å²) in [6, 6.07) is 4.11. The zero-order valence-electron chi connectivity index (χ0n) is 8.05. The molecule has 2 heterocycles. The van der Waals surface area contributed by atoms with Crippen LogP contribution in [0.3, 0.4) is 0 Å². The molecule has 0 atom stereocenters. The van der Waals surface area contributed by atoms with Gasteiger partial charge in [-0.25, -0.2) is 0 Å². The van der Waals surface area contributed by atoms with Crippen molar-refractivity contribution in [3.8, 4) is 0 Å². The van der Waals surface area contributed by atoms with Crippen molar-refractivity contribution in [1.82, 2.24) is 20.4 Å². The molecule has 0 aliphatic heterocycles. The number of H-pyrrole nitrogens is 2. The Morgan fingerprint density at radius 1 is 1.00 bits per heavy atom. The van der Waals surface area contributed by atoms with Gasteiger partial charge in [-0.1, -0.05) is 0 Å². The van der Waals surface area contributed by atoms with Gasteiger partial charge in [0, 0.05) is 10.8 Å². The first-order valence-corrected chi connectivity index (χ1v) is 4.56. The minimum atomic E-state index is 1.01. The number of fused-ring (bicyclic) bond motifs is 3. The third-order valence-electron chi connectivity index (χ3n) is 2.64. The number of aryl methyl sites for hydroxylation is 2. The maximum absolute atomic E-state index is 4.20. The molecule has 0 radical (unpaired) electrons. The van der Waals surface area contributed by atoms with E-state index in [2.05, 4.69) is 26.5 Å². The lowest BCUT2D eigenvalue weighted by atomic mass is 10.1. The number of nitrogens with zero attached hydrogens (tertiary/aromatic N) is 2. The van der Waals surface area contributed by atoms with Gasteiger partial charge < -0.3 is 0 Å². The number of hydrogen-bond acceptors (Lipinski definition) is 2. The van der Waals surface area contributed by atoms with Crippen LogP contribution in [0, 0.1) is 13.8 Å². The summed E-state index contributed by atoms with van der Waals surface area (Å²) >= 11 is 0. The third kappa shape index (κ3) is 0.775. The molecule has 1 aromatic carbocycles. The van der Waals surface area contributed by atoms with Gasteiger partial charge in [-0.3, -0.25) is 10.2 Å². The molecule has 4 heteroatoms. The van der Waals surface area contributed by atoms with Crippen molar-refractivity contribution >= 4 is 21.8 Å². The summed E-state index contributed by atoms with van der Waals surface area (Å²) in [5.41, 5.74) is 4.17. The molecule has 0 fully saturated rings. The molecule has 0 spiro atoms. The molecular weight excluding hydrogens is 176 g/mol. The number of aromatic nitrogens is 4. The Morgan fingerprint density at radius 2 is 1.79 bits per heavy atom. The summed E-state index contributed by atoms with van der Waals surface area (Å²) in [6.07, 6.45) is 0. The fraction of sp³-hybridized carbons (Fsp3) is 0.200. The van der Waals surface area contributed by atoms with Gasteiger partial charge in [-0.15, -0.1) is 0 Å². The lowest BCUT2D eigenvalue weighted by molar-refractivity contribution is 1.06. The smallest absolute Gasteiger partial charge is 0.0765 e. The van der Waals surface area contributed by atoms with E-state index < -0.39 is 0 Å². The van der Waals surface area contributed by atoms with Gasteiger partial charge in [0.1, 0.15) is 0 Å². The van der Waals surface area contributed by atoms with Crippen LogP contribution >= 0.6 is 0 Å². The second kappa shape index (κ2) is 2.35. The van der Waals surface area contributed by atoms with Crippen molar-refractivity contribution < 1.29 is 0 Å². The Morgan fingerprint density at radius 3 is 2.64 bits per heavy atom. The summed E-state index contributed by atoms with van der Waals surface area (Å²) in [5.74, 6) is 0. The predicted octanol–water partition coefficient (Wildman–Crippen LogP) is 2.06. The van der Waals surface area contributed by atoms with E-state index in [1.807, 2.05) is 19.9 Å². The maximum Gasteiger partial charge on any atom is 0.0765 e. The minimum Gasteiger partial charge on any atom is -0.277 e. The van der Waals surface area contributed by atoms with E-state index in [0.29, 0.717) is 0 Å². The molecule has 0 amide bonds. The van der Waals surface area contributed by atoms with Crippen molar-refractivity contribution in [2.24, 2.45) is 0 Å². The van der Waals surface area contributed by atoms with E-state index in [4.69, 9.17) is 0 Å². The van der Waals surface area contributed by atoms with Crippen LogP contribution in [0.1, 0.15) is 11.4 Å². The lowest BCUT2D eigenvalue weighted by Crippen LogP contribution is -1.74. The summed E-state index contributed by atoms with van der Waals surface area (Å²) < 4.78 is 0. The van der Waals surface area contributed by atoms with Crippen molar-refractivity contribution in [1.29, 1.82) is 0 Å².